The molecule has 0 saturated heterocycles. The van der Waals surface area contributed by atoms with Gasteiger partial charge in [-0.05, 0) is 44.5 Å². The molecule has 5 nitrogen and oxygen atoms in total. The van der Waals surface area contributed by atoms with Crippen molar-refractivity contribution in [1.82, 2.24) is 0 Å². The standard InChI is InChI=1S/C19H20BrNO4/c1-10-19(11(2)22)15-8-16(17(24)9-18(15)25-12(3)23)21(10)14-6-4-13(20)5-7-14/h4-7,15-16,18H,8-9H2,1-3H3/t15-,16+,18-/m1/s1. The second kappa shape index (κ2) is 6.75. The highest BCUT2D eigenvalue weighted by molar-refractivity contribution is 9.10. The lowest BCUT2D eigenvalue weighted by atomic mass is 9.72. The van der Waals surface area contributed by atoms with Crippen LogP contribution in [0.15, 0.2) is 40.0 Å². The summed E-state index contributed by atoms with van der Waals surface area (Å²) in [6.45, 7) is 4.72. The van der Waals surface area contributed by atoms with E-state index in [-0.39, 0.29) is 29.9 Å². The molecular weight excluding hydrogens is 386 g/mol. The van der Waals surface area contributed by atoms with E-state index in [0.29, 0.717) is 12.0 Å². The summed E-state index contributed by atoms with van der Waals surface area (Å²) < 4.78 is 6.31. The van der Waals surface area contributed by atoms with E-state index in [9.17, 15) is 14.4 Å². The fraction of sp³-hybridized carbons (Fsp3) is 0.421. The average molecular weight is 406 g/mol. The molecule has 1 aromatic carbocycles. The Morgan fingerprint density at radius 2 is 1.84 bits per heavy atom. The minimum absolute atomic E-state index is 0.0346. The maximum absolute atomic E-state index is 12.7. The number of anilines is 1. The van der Waals surface area contributed by atoms with E-state index in [1.807, 2.05) is 36.1 Å². The van der Waals surface area contributed by atoms with Crippen molar-refractivity contribution >= 4 is 39.2 Å². The molecule has 2 bridgehead atoms. The molecule has 0 spiro atoms. The molecule has 1 heterocycles. The molecule has 1 aliphatic heterocycles. The van der Waals surface area contributed by atoms with Gasteiger partial charge in [0.05, 0.1) is 6.04 Å². The topological polar surface area (TPSA) is 63.7 Å². The van der Waals surface area contributed by atoms with Gasteiger partial charge >= 0.3 is 5.97 Å². The van der Waals surface area contributed by atoms with Gasteiger partial charge < -0.3 is 9.64 Å². The molecule has 6 heteroatoms. The number of allylic oxidation sites excluding steroid dienone is 1. The van der Waals surface area contributed by atoms with Gasteiger partial charge in [0, 0.05) is 40.7 Å². The highest BCUT2D eigenvalue weighted by Gasteiger charge is 2.48. The van der Waals surface area contributed by atoms with Gasteiger partial charge in [0.1, 0.15) is 6.10 Å². The van der Waals surface area contributed by atoms with Crippen molar-refractivity contribution in [3.05, 3.63) is 40.0 Å². The summed E-state index contributed by atoms with van der Waals surface area (Å²) >= 11 is 3.42. The van der Waals surface area contributed by atoms with Crippen LogP contribution in [0.4, 0.5) is 5.69 Å². The molecule has 0 radical (unpaired) electrons. The van der Waals surface area contributed by atoms with Crippen LogP contribution in [0.5, 0.6) is 0 Å². The van der Waals surface area contributed by atoms with Gasteiger partial charge in [-0.25, -0.2) is 0 Å². The second-order valence-corrected chi connectivity index (χ2v) is 7.49. The molecule has 1 fully saturated rings. The van der Waals surface area contributed by atoms with Crippen molar-refractivity contribution in [2.45, 2.75) is 45.8 Å². The summed E-state index contributed by atoms with van der Waals surface area (Å²) in [4.78, 5) is 38.4. The van der Waals surface area contributed by atoms with Gasteiger partial charge in [0.25, 0.3) is 0 Å². The van der Waals surface area contributed by atoms with Crippen molar-refractivity contribution in [3.8, 4) is 0 Å². The molecular formula is C19H20BrNO4. The van der Waals surface area contributed by atoms with Crippen LogP contribution >= 0.6 is 15.9 Å². The molecule has 3 atom stereocenters. The van der Waals surface area contributed by atoms with Crippen LogP contribution in [0.3, 0.4) is 0 Å². The summed E-state index contributed by atoms with van der Waals surface area (Å²) in [6, 6.07) is 7.35. The van der Waals surface area contributed by atoms with Gasteiger partial charge in [-0.2, -0.15) is 0 Å². The van der Waals surface area contributed by atoms with Crippen LogP contribution in [-0.4, -0.2) is 29.7 Å². The predicted molar refractivity (Wildman–Crippen MR) is 97.1 cm³/mol. The van der Waals surface area contributed by atoms with Gasteiger partial charge in [-0.3, -0.25) is 14.4 Å². The number of benzene rings is 1. The van der Waals surface area contributed by atoms with E-state index >= 15 is 0 Å². The zero-order valence-corrected chi connectivity index (χ0v) is 16.0. The number of carbonyl (C=O) groups excluding carboxylic acids is 3. The van der Waals surface area contributed by atoms with Gasteiger partial charge in [0.15, 0.2) is 11.6 Å². The number of hydrogen-bond donors (Lipinski definition) is 0. The second-order valence-electron chi connectivity index (χ2n) is 6.58. The first-order valence-electron chi connectivity index (χ1n) is 8.26. The Hall–Kier alpha value is -1.95. The maximum Gasteiger partial charge on any atom is 0.302 e. The molecule has 1 saturated carbocycles. The van der Waals surface area contributed by atoms with Crippen LogP contribution in [0.25, 0.3) is 0 Å². The Kier molecular flexibility index (Phi) is 4.82. The van der Waals surface area contributed by atoms with E-state index in [0.717, 1.165) is 15.9 Å². The third kappa shape index (κ3) is 3.27. The quantitative estimate of drug-likeness (QED) is 0.720. The summed E-state index contributed by atoms with van der Waals surface area (Å²) in [5, 5.41) is 0. The molecule has 0 amide bonds. The van der Waals surface area contributed by atoms with Crippen molar-refractivity contribution in [1.29, 1.82) is 0 Å². The van der Waals surface area contributed by atoms with Crippen LogP contribution in [-0.2, 0) is 19.1 Å². The number of nitrogens with zero attached hydrogens (tertiary/aromatic N) is 1. The summed E-state index contributed by atoms with van der Waals surface area (Å²) in [5.41, 5.74) is 2.29. The van der Waals surface area contributed by atoms with E-state index in [1.54, 1.807) is 0 Å². The third-order valence-electron chi connectivity index (χ3n) is 4.94. The fourth-order valence-electron chi connectivity index (χ4n) is 4.01. The number of esters is 1. The smallest absolute Gasteiger partial charge is 0.302 e. The molecule has 132 valence electrons. The summed E-state index contributed by atoms with van der Waals surface area (Å²) in [5.74, 6) is -0.662. The summed E-state index contributed by atoms with van der Waals surface area (Å²) in [6.07, 6.45) is 0.0765. The third-order valence-corrected chi connectivity index (χ3v) is 5.46. The molecule has 0 aromatic heterocycles. The number of carbonyl (C=O) groups is 3. The largest absolute Gasteiger partial charge is 0.461 e. The first-order valence-corrected chi connectivity index (χ1v) is 9.05. The number of fused-ring (bicyclic) bond motifs is 2. The fourth-order valence-corrected chi connectivity index (χ4v) is 4.28. The summed E-state index contributed by atoms with van der Waals surface area (Å²) in [7, 11) is 0. The first-order chi connectivity index (χ1) is 11.8. The van der Waals surface area contributed by atoms with Crippen LogP contribution in [0.1, 0.15) is 33.6 Å². The lowest BCUT2D eigenvalue weighted by Gasteiger charge is -2.47. The van der Waals surface area contributed by atoms with Gasteiger partial charge in [-0.1, -0.05) is 15.9 Å². The van der Waals surface area contributed by atoms with E-state index in [1.165, 1.54) is 13.8 Å². The Morgan fingerprint density at radius 1 is 1.20 bits per heavy atom. The Bertz CT molecular complexity index is 768. The van der Waals surface area contributed by atoms with E-state index < -0.39 is 12.1 Å². The zero-order chi connectivity index (χ0) is 18.3. The molecule has 3 rings (SSSR count). The maximum atomic E-state index is 12.7. The number of hydrogen-bond acceptors (Lipinski definition) is 5. The number of ether oxygens (including phenoxy) is 1. The molecule has 1 aliphatic carbocycles. The number of rotatable bonds is 3. The Morgan fingerprint density at radius 3 is 2.40 bits per heavy atom. The van der Waals surface area contributed by atoms with Crippen molar-refractivity contribution < 1.29 is 19.1 Å². The highest BCUT2D eigenvalue weighted by atomic mass is 79.9. The lowest BCUT2D eigenvalue weighted by molar-refractivity contribution is -0.152. The minimum Gasteiger partial charge on any atom is -0.461 e. The SMILES string of the molecule is CC(=O)O[C@@H]1CC(=O)[C@@H]2C[C@H]1C(C(C)=O)=C(C)N2c1ccc(Br)cc1. The van der Waals surface area contributed by atoms with Crippen molar-refractivity contribution in [3.63, 3.8) is 0 Å². The molecule has 25 heavy (non-hydrogen) atoms. The first kappa shape index (κ1) is 17.9. The van der Waals surface area contributed by atoms with Crippen molar-refractivity contribution in [2.75, 3.05) is 4.90 Å². The molecule has 1 aromatic rings. The van der Waals surface area contributed by atoms with Crippen LogP contribution < -0.4 is 4.90 Å². The van der Waals surface area contributed by atoms with Crippen LogP contribution in [0.2, 0.25) is 0 Å². The van der Waals surface area contributed by atoms with Crippen molar-refractivity contribution in [2.24, 2.45) is 5.92 Å². The highest BCUT2D eigenvalue weighted by Crippen LogP contribution is 2.43. The van der Waals surface area contributed by atoms with Gasteiger partial charge in [0.2, 0.25) is 0 Å². The number of ketones is 2. The molecule has 2 aliphatic rings. The number of Topliss-reactive ketones (excluding diaryl/α,β-unsaturated/α-hetero) is 2. The average Bonchev–Trinajstić information content (AvgIpc) is 2.52. The minimum atomic E-state index is -0.554. The van der Waals surface area contributed by atoms with E-state index in [2.05, 4.69) is 15.9 Å². The predicted octanol–water partition coefficient (Wildman–Crippen LogP) is 3.41. The Balaban J connectivity index is 2.10. The van der Waals surface area contributed by atoms with Crippen LogP contribution in [0, 0.1) is 5.92 Å². The number of halogens is 1. The monoisotopic (exact) mass is 405 g/mol. The van der Waals surface area contributed by atoms with Gasteiger partial charge in [-0.15, -0.1) is 0 Å². The normalized spacial score (nSPS) is 25.8. The zero-order valence-electron chi connectivity index (χ0n) is 14.4. The molecule has 0 unspecified atom stereocenters. The molecule has 0 N–H and O–H groups in total. The lowest BCUT2D eigenvalue weighted by Crippen LogP contribution is -2.54. The van der Waals surface area contributed by atoms with E-state index in [4.69, 9.17) is 4.74 Å². The Labute approximate surface area is 155 Å².